The first-order chi connectivity index (χ1) is 6.75. The SMILES string of the molecule is Fc1cc(O[C@H]2CCOC2)ccc1Br. The van der Waals surface area contributed by atoms with Crippen LogP contribution in [0.25, 0.3) is 0 Å². The van der Waals surface area contributed by atoms with Gasteiger partial charge in [0.25, 0.3) is 0 Å². The summed E-state index contributed by atoms with van der Waals surface area (Å²) in [6.45, 7) is 1.32. The van der Waals surface area contributed by atoms with Crippen molar-refractivity contribution in [1.29, 1.82) is 0 Å². The van der Waals surface area contributed by atoms with Crippen molar-refractivity contribution < 1.29 is 13.9 Å². The van der Waals surface area contributed by atoms with Gasteiger partial charge in [-0.15, -0.1) is 0 Å². The lowest BCUT2D eigenvalue weighted by molar-refractivity contribution is 0.141. The number of hydrogen-bond donors (Lipinski definition) is 0. The summed E-state index contributed by atoms with van der Waals surface area (Å²) in [5, 5.41) is 0. The van der Waals surface area contributed by atoms with E-state index in [1.165, 1.54) is 6.07 Å². The van der Waals surface area contributed by atoms with Gasteiger partial charge in [-0.25, -0.2) is 4.39 Å². The summed E-state index contributed by atoms with van der Waals surface area (Å²) in [7, 11) is 0. The third-order valence-electron chi connectivity index (χ3n) is 2.08. The van der Waals surface area contributed by atoms with Crippen LogP contribution in [0.2, 0.25) is 0 Å². The summed E-state index contributed by atoms with van der Waals surface area (Å²) >= 11 is 3.09. The van der Waals surface area contributed by atoms with Gasteiger partial charge in [-0.1, -0.05) is 0 Å². The molecule has 1 aliphatic rings. The number of benzene rings is 1. The molecule has 0 aliphatic carbocycles. The van der Waals surface area contributed by atoms with Crippen LogP contribution < -0.4 is 4.74 Å². The lowest BCUT2D eigenvalue weighted by Crippen LogP contribution is -2.15. The van der Waals surface area contributed by atoms with Gasteiger partial charge in [0.15, 0.2) is 0 Å². The molecule has 0 radical (unpaired) electrons. The van der Waals surface area contributed by atoms with Crippen LogP contribution in [0.5, 0.6) is 5.75 Å². The molecule has 14 heavy (non-hydrogen) atoms. The molecule has 1 heterocycles. The van der Waals surface area contributed by atoms with Crippen LogP contribution >= 0.6 is 15.9 Å². The summed E-state index contributed by atoms with van der Waals surface area (Å²) in [6.07, 6.45) is 0.938. The molecule has 2 nitrogen and oxygen atoms in total. The van der Waals surface area contributed by atoms with E-state index in [9.17, 15) is 4.39 Å². The zero-order valence-electron chi connectivity index (χ0n) is 7.50. The third-order valence-corrected chi connectivity index (χ3v) is 2.72. The summed E-state index contributed by atoms with van der Waals surface area (Å²) in [5.74, 6) is 0.252. The Morgan fingerprint density at radius 3 is 3.00 bits per heavy atom. The van der Waals surface area contributed by atoms with E-state index < -0.39 is 0 Å². The topological polar surface area (TPSA) is 18.5 Å². The molecule has 4 heteroatoms. The minimum Gasteiger partial charge on any atom is -0.488 e. The van der Waals surface area contributed by atoms with E-state index in [-0.39, 0.29) is 11.9 Å². The van der Waals surface area contributed by atoms with Crippen molar-refractivity contribution in [3.05, 3.63) is 28.5 Å². The first-order valence-electron chi connectivity index (χ1n) is 4.45. The summed E-state index contributed by atoms with van der Waals surface area (Å²) in [5.41, 5.74) is 0. The maximum Gasteiger partial charge on any atom is 0.141 e. The normalized spacial score (nSPS) is 21.1. The van der Waals surface area contributed by atoms with E-state index in [0.29, 0.717) is 16.8 Å². The van der Waals surface area contributed by atoms with Crippen LogP contribution in [0.1, 0.15) is 6.42 Å². The van der Waals surface area contributed by atoms with Gasteiger partial charge in [-0.2, -0.15) is 0 Å². The molecular weight excluding hydrogens is 251 g/mol. The second kappa shape index (κ2) is 4.28. The minimum absolute atomic E-state index is 0.0653. The Morgan fingerprint density at radius 2 is 2.36 bits per heavy atom. The third kappa shape index (κ3) is 2.25. The summed E-state index contributed by atoms with van der Waals surface area (Å²) in [4.78, 5) is 0. The van der Waals surface area contributed by atoms with Crippen molar-refractivity contribution in [2.45, 2.75) is 12.5 Å². The monoisotopic (exact) mass is 260 g/mol. The zero-order valence-corrected chi connectivity index (χ0v) is 9.09. The molecule has 1 atom stereocenters. The summed E-state index contributed by atoms with van der Waals surface area (Å²) < 4.78 is 24.2. The molecule has 0 bridgehead atoms. The average Bonchev–Trinajstić information content (AvgIpc) is 2.64. The van der Waals surface area contributed by atoms with Gasteiger partial charge in [-0.3, -0.25) is 0 Å². The van der Waals surface area contributed by atoms with E-state index in [1.54, 1.807) is 12.1 Å². The van der Waals surface area contributed by atoms with Crippen LogP contribution in [-0.4, -0.2) is 19.3 Å². The Labute approximate surface area is 90.1 Å². The van der Waals surface area contributed by atoms with Gasteiger partial charge in [0.1, 0.15) is 17.7 Å². The van der Waals surface area contributed by atoms with E-state index in [1.807, 2.05) is 0 Å². The van der Waals surface area contributed by atoms with Gasteiger partial charge in [0.2, 0.25) is 0 Å². The first kappa shape index (κ1) is 9.93. The van der Waals surface area contributed by atoms with Gasteiger partial charge in [0.05, 0.1) is 17.7 Å². The standard InChI is InChI=1S/C10H10BrFO2/c11-9-2-1-7(5-10(9)12)14-8-3-4-13-6-8/h1-2,5,8H,3-4,6H2/t8-/m0/s1. The quantitative estimate of drug-likeness (QED) is 0.814. The molecule has 1 aliphatic heterocycles. The molecule has 0 saturated carbocycles. The van der Waals surface area contributed by atoms with Gasteiger partial charge >= 0.3 is 0 Å². The maximum absolute atomic E-state index is 13.1. The highest BCUT2D eigenvalue weighted by atomic mass is 79.9. The molecule has 1 fully saturated rings. The first-order valence-corrected chi connectivity index (χ1v) is 5.24. The van der Waals surface area contributed by atoms with E-state index >= 15 is 0 Å². The van der Waals surface area contributed by atoms with Crippen LogP contribution in [0.3, 0.4) is 0 Å². The minimum atomic E-state index is -0.304. The molecule has 0 N–H and O–H groups in total. The highest BCUT2D eigenvalue weighted by Gasteiger charge is 2.17. The Balaban J connectivity index is 2.05. The lowest BCUT2D eigenvalue weighted by atomic mass is 10.3. The molecular formula is C10H10BrFO2. The largest absolute Gasteiger partial charge is 0.488 e. The molecule has 1 aromatic carbocycles. The van der Waals surface area contributed by atoms with Crippen LogP contribution in [0.4, 0.5) is 4.39 Å². The van der Waals surface area contributed by atoms with Crippen LogP contribution in [0, 0.1) is 5.82 Å². The van der Waals surface area contributed by atoms with Crippen LogP contribution in [-0.2, 0) is 4.74 Å². The number of ether oxygens (including phenoxy) is 2. The molecule has 1 saturated heterocycles. The van der Waals surface area contributed by atoms with Crippen LogP contribution in [0.15, 0.2) is 22.7 Å². The van der Waals surface area contributed by atoms with E-state index in [4.69, 9.17) is 9.47 Å². The number of halogens is 2. The second-order valence-electron chi connectivity index (χ2n) is 3.18. The van der Waals surface area contributed by atoms with Crippen molar-refractivity contribution in [3.8, 4) is 5.75 Å². The van der Waals surface area contributed by atoms with Crippen molar-refractivity contribution in [1.82, 2.24) is 0 Å². The molecule has 0 unspecified atom stereocenters. The Bertz CT molecular complexity index is 324. The number of hydrogen-bond acceptors (Lipinski definition) is 2. The Hall–Kier alpha value is -0.610. The van der Waals surface area contributed by atoms with Gasteiger partial charge < -0.3 is 9.47 Å². The van der Waals surface area contributed by atoms with Crippen molar-refractivity contribution >= 4 is 15.9 Å². The predicted octanol–water partition coefficient (Wildman–Crippen LogP) is 2.76. The Kier molecular flexibility index (Phi) is 3.03. The van der Waals surface area contributed by atoms with Crippen molar-refractivity contribution in [2.75, 3.05) is 13.2 Å². The highest BCUT2D eigenvalue weighted by molar-refractivity contribution is 9.10. The van der Waals surface area contributed by atoms with Gasteiger partial charge in [0, 0.05) is 12.5 Å². The second-order valence-corrected chi connectivity index (χ2v) is 4.03. The molecule has 2 rings (SSSR count). The Morgan fingerprint density at radius 1 is 1.50 bits per heavy atom. The summed E-state index contributed by atoms with van der Waals surface area (Å²) in [6, 6.07) is 4.76. The zero-order chi connectivity index (χ0) is 9.97. The predicted molar refractivity (Wildman–Crippen MR) is 54.0 cm³/mol. The maximum atomic E-state index is 13.1. The van der Waals surface area contributed by atoms with Gasteiger partial charge in [-0.05, 0) is 28.1 Å². The van der Waals surface area contributed by atoms with Crippen molar-refractivity contribution in [2.24, 2.45) is 0 Å². The average molecular weight is 261 g/mol. The molecule has 0 amide bonds. The van der Waals surface area contributed by atoms with E-state index in [0.717, 1.165) is 13.0 Å². The smallest absolute Gasteiger partial charge is 0.141 e. The van der Waals surface area contributed by atoms with E-state index in [2.05, 4.69) is 15.9 Å². The fraction of sp³-hybridized carbons (Fsp3) is 0.400. The number of rotatable bonds is 2. The molecule has 0 spiro atoms. The fourth-order valence-corrected chi connectivity index (χ4v) is 1.60. The molecule has 1 aromatic rings. The lowest BCUT2D eigenvalue weighted by Gasteiger charge is -2.11. The molecule has 76 valence electrons. The fourth-order valence-electron chi connectivity index (χ4n) is 1.35. The highest BCUT2D eigenvalue weighted by Crippen LogP contribution is 2.23. The van der Waals surface area contributed by atoms with Crippen molar-refractivity contribution in [3.63, 3.8) is 0 Å². The molecule has 0 aromatic heterocycles.